The molecule has 3 nitrogen and oxygen atoms in total. The predicted octanol–water partition coefficient (Wildman–Crippen LogP) is 4.25. The van der Waals surface area contributed by atoms with Crippen LogP contribution < -0.4 is 5.32 Å². The van der Waals surface area contributed by atoms with Crippen LogP contribution in [0.1, 0.15) is 10.4 Å². The molecular weight excluding hydrogens is 386 g/mol. The number of pyridine rings is 1. The number of carbonyl (C=O) groups is 1. The molecule has 0 bridgehead atoms. The number of nitrogens with one attached hydrogen (secondary N) is 1. The molecule has 0 saturated heterocycles. The van der Waals surface area contributed by atoms with E-state index in [-0.39, 0.29) is 5.91 Å². The zero-order valence-corrected chi connectivity index (χ0v) is 12.6. The smallest absolute Gasteiger partial charge is 0.255 e. The van der Waals surface area contributed by atoms with E-state index in [0.29, 0.717) is 21.3 Å². The number of benzene rings is 1. The number of halogens is 3. The van der Waals surface area contributed by atoms with E-state index in [1.807, 2.05) is 0 Å². The standard InChI is InChI=1S/C12H7Cl2IN2O/c13-8-3-4-16-6-11(8)17-12(18)7-1-2-10(15)9(14)5-7/h1-6H,(H,17,18). The second-order valence-electron chi connectivity index (χ2n) is 3.44. The number of aromatic nitrogens is 1. The predicted molar refractivity (Wildman–Crippen MR) is 81.4 cm³/mol. The number of rotatable bonds is 2. The van der Waals surface area contributed by atoms with Crippen LogP contribution in [0.4, 0.5) is 5.69 Å². The van der Waals surface area contributed by atoms with Gasteiger partial charge in [-0.3, -0.25) is 9.78 Å². The van der Waals surface area contributed by atoms with E-state index in [4.69, 9.17) is 23.2 Å². The van der Waals surface area contributed by atoms with E-state index >= 15 is 0 Å². The van der Waals surface area contributed by atoms with Gasteiger partial charge < -0.3 is 5.32 Å². The molecule has 0 aliphatic rings. The minimum absolute atomic E-state index is 0.275. The van der Waals surface area contributed by atoms with Gasteiger partial charge >= 0.3 is 0 Å². The first kappa shape index (κ1) is 13.6. The number of nitrogens with zero attached hydrogens (tertiary/aromatic N) is 1. The summed E-state index contributed by atoms with van der Waals surface area (Å²) in [6.45, 7) is 0. The molecule has 0 fully saturated rings. The summed E-state index contributed by atoms with van der Waals surface area (Å²) in [5.41, 5.74) is 0.944. The molecule has 92 valence electrons. The van der Waals surface area contributed by atoms with Crippen LogP contribution in [0.5, 0.6) is 0 Å². The lowest BCUT2D eigenvalue weighted by Gasteiger charge is -2.07. The third-order valence-electron chi connectivity index (χ3n) is 2.20. The Hall–Kier alpha value is -0.850. The van der Waals surface area contributed by atoms with Crippen LogP contribution in [0.2, 0.25) is 10.0 Å². The first-order valence-corrected chi connectivity index (χ1v) is 6.77. The van der Waals surface area contributed by atoms with Crippen molar-refractivity contribution in [2.45, 2.75) is 0 Å². The second-order valence-corrected chi connectivity index (χ2v) is 5.42. The van der Waals surface area contributed by atoms with Crippen molar-refractivity contribution in [3.05, 3.63) is 55.8 Å². The third kappa shape index (κ3) is 3.13. The highest BCUT2D eigenvalue weighted by Gasteiger charge is 2.10. The van der Waals surface area contributed by atoms with Gasteiger partial charge in [0.1, 0.15) is 0 Å². The van der Waals surface area contributed by atoms with Gasteiger partial charge in [0.2, 0.25) is 0 Å². The summed E-state index contributed by atoms with van der Waals surface area (Å²) in [6, 6.07) is 6.71. The van der Waals surface area contributed by atoms with Crippen molar-refractivity contribution in [3.8, 4) is 0 Å². The van der Waals surface area contributed by atoms with E-state index in [9.17, 15) is 4.79 Å². The lowest BCUT2D eigenvalue weighted by atomic mass is 10.2. The van der Waals surface area contributed by atoms with Gasteiger partial charge in [-0.25, -0.2) is 0 Å². The Balaban J connectivity index is 2.22. The van der Waals surface area contributed by atoms with Crippen LogP contribution in [0.15, 0.2) is 36.7 Å². The summed E-state index contributed by atoms with van der Waals surface area (Å²) in [5.74, 6) is -0.275. The molecule has 6 heteroatoms. The number of carbonyl (C=O) groups excluding carboxylic acids is 1. The quantitative estimate of drug-likeness (QED) is 0.776. The van der Waals surface area contributed by atoms with Crippen molar-refractivity contribution < 1.29 is 4.79 Å². The van der Waals surface area contributed by atoms with Crippen molar-refractivity contribution in [1.29, 1.82) is 0 Å². The Morgan fingerprint density at radius 1 is 1.22 bits per heavy atom. The topological polar surface area (TPSA) is 42.0 Å². The Morgan fingerprint density at radius 2 is 2.00 bits per heavy atom. The molecule has 1 aromatic carbocycles. The highest BCUT2D eigenvalue weighted by Crippen LogP contribution is 2.22. The van der Waals surface area contributed by atoms with Crippen molar-refractivity contribution in [3.63, 3.8) is 0 Å². The Labute approximate surface area is 128 Å². The Kier molecular flexibility index (Phi) is 4.42. The summed E-state index contributed by atoms with van der Waals surface area (Å²) in [6.07, 6.45) is 3.05. The van der Waals surface area contributed by atoms with Gasteiger partial charge in [0, 0.05) is 15.3 Å². The van der Waals surface area contributed by atoms with Gasteiger partial charge in [0.05, 0.1) is 21.9 Å². The molecule has 2 aromatic rings. The molecule has 0 unspecified atom stereocenters. The zero-order valence-electron chi connectivity index (χ0n) is 8.95. The van der Waals surface area contributed by atoms with E-state index in [1.54, 1.807) is 30.5 Å². The molecule has 0 spiro atoms. The largest absolute Gasteiger partial charge is 0.319 e. The molecule has 0 aliphatic carbocycles. The fourth-order valence-electron chi connectivity index (χ4n) is 1.30. The lowest BCUT2D eigenvalue weighted by Crippen LogP contribution is -2.12. The highest BCUT2D eigenvalue weighted by atomic mass is 127. The lowest BCUT2D eigenvalue weighted by molar-refractivity contribution is 0.102. The maximum atomic E-state index is 12.0. The molecule has 1 N–H and O–H groups in total. The number of hydrogen-bond donors (Lipinski definition) is 1. The molecule has 1 aromatic heterocycles. The monoisotopic (exact) mass is 392 g/mol. The minimum Gasteiger partial charge on any atom is -0.319 e. The highest BCUT2D eigenvalue weighted by molar-refractivity contribution is 14.1. The van der Waals surface area contributed by atoms with Gasteiger partial charge in [-0.15, -0.1) is 0 Å². The summed E-state index contributed by atoms with van der Waals surface area (Å²) in [4.78, 5) is 15.9. The van der Waals surface area contributed by atoms with Crippen LogP contribution in [-0.2, 0) is 0 Å². The Bertz CT molecular complexity index is 604. The van der Waals surface area contributed by atoms with Crippen molar-refractivity contribution in [2.75, 3.05) is 5.32 Å². The molecule has 1 amide bonds. The van der Waals surface area contributed by atoms with Gasteiger partial charge in [-0.05, 0) is 46.9 Å². The fraction of sp³-hybridized carbons (Fsp3) is 0. The van der Waals surface area contributed by atoms with Crippen LogP contribution in [-0.4, -0.2) is 10.9 Å². The molecule has 0 atom stereocenters. The van der Waals surface area contributed by atoms with Crippen LogP contribution in [0, 0.1) is 3.57 Å². The van der Waals surface area contributed by atoms with Gasteiger partial charge in [0.15, 0.2) is 0 Å². The van der Waals surface area contributed by atoms with Gasteiger partial charge in [-0.1, -0.05) is 23.2 Å². The van der Waals surface area contributed by atoms with E-state index in [1.165, 1.54) is 6.20 Å². The molecule has 0 saturated carbocycles. The number of anilines is 1. The van der Waals surface area contributed by atoms with Crippen LogP contribution >= 0.6 is 45.8 Å². The maximum Gasteiger partial charge on any atom is 0.255 e. The van der Waals surface area contributed by atoms with Gasteiger partial charge in [-0.2, -0.15) is 0 Å². The van der Waals surface area contributed by atoms with Crippen LogP contribution in [0.3, 0.4) is 0 Å². The second kappa shape index (κ2) is 5.86. The normalized spacial score (nSPS) is 10.2. The van der Waals surface area contributed by atoms with Crippen molar-refractivity contribution in [1.82, 2.24) is 4.98 Å². The SMILES string of the molecule is O=C(Nc1cnccc1Cl)c1ccc(I)c(Cl)c1. The summed E-state index contributed by atoms with van der Waals surface area (Å²) in [7, 11) is 0. The molecule has 0 aliphatic heterocycles. The third-order valence-corrected chi connectivity index (χ3v) is 4.10. The average Bonchev–Trinajstić information content (AvgIpc) is 2.35. The molecule has 2 rings (SSSR count). The molecule has 1 heterocycles. The molecule has 18 heavy (non-hydrogen) atoms. The average molecular weight is 393 g/mol. The molecule has 0 radical (unpaired) electrons. The first-order chi connectivity index (χ1) is 8.58. The Morgan fingerprint density at radius 3 is 2.67 bits per heavy atom. The summed E-state index contributed by atoms with van der Waals surface area (Å²) in [5, 5.41) is 3.66. The number of amides is 1. The summed E-state index contributed by atoms with van der Waals surface area (Å²) < 4.78 is 0.894. The van der Waals surface area contributed by atoms with Crippen molar-refractivity contribution >= 4 is 57.4 Å². The molecular formula is C12H7Cl2IN2O. The summed E-state index contributed by atoms with van der Waals surface area (Å²) >= 11 is 14.0. The fourth-order valence-corrected chi connectivity index (χ4v) is 1.97. The van der Waals surface area contributed by atoms with E-state index < -0.39 is 0 Å². The van der Waals surface area contributed by atoms with Crippen molar-refractivity contribution in [2.24, 2.45) is 0 Å². The first-order valence-electron chi connectivity index (χ1n) is 4.94. The minimum atomic E-state index is -0.275. The van der Waals surface area contributed by atoms with Gasteiger partial charge in [0.25, 0.3) is 5.91 Å². The van der Waals surface area contributed by atoms with Crippen LogP contribution in [0.25, 0.3) is 0 Å². The maximum absolute atomic E-state index is 12.0. The van der Waals surface area contributed by atoms with E-state index in [2.05, 4.69) is 32.9 Å². The zero-order chi connectivity index (χ0) is 13.1. The van der Waals surface area contributed by atoms with E-state index in [0.717, 1.165) is 3.57 Å². The number of hydrogen-bond acceptors (Lipinski definition) is 2.